The van der Waals surface area contributed by atoms with Gasteiger partial charge in [0.15, 0.2) is 5.76 Å². The fourth-order valence-corrected chi connectivity index (χ4v) is 4.93. The third kappa shape index (κ3) is 11.0. The van der Waals surface area contributed by atoms with Gasteiger partial charge in [0.2, 0.25) is 0 Å². The fraction of sp³-hybridized carbons (Fsp3) is 0.174. The van der Waals surface area contributed by atoms with Crippen LogP contribution in [0, 0.1) is 6.92 Å². The molecule has 4 aromatic rings. The Bertz CT molecular complexity index is 1920. The van der Waals surface area contributed by atoms with Crippen molar-refractivity contribution < 1.29 is 4.42 Å². The first-order chi connectivity index (χ1) is 23.7. The van der Waals surface area contributed by atoms with Crippen molar-refractivity contribution >= 4 is 33.7 Å². The van der Waals surface area contributed by atoms with E-state index in [0.29, 0.717) is 0 Å². The number of nitrogens with zero attached hydrogens (tertiary/aromatic N) is 2. The highest BCUT2D eigenvalue weighted by molar-refractivity contribution is 6.14. The summed E-state index contributed by atoms with van der Waals surface area (Å²) in [7, 11) is 0. The van der Waals surface area contributed by atoms with Gasteiger partial charge < -0.3 is 4.42 Å². The van der Waals surface area contributed by atoms with Crippen LogP contribution in [0.3, 0.4) is 0 Å². The van der Waals surface area contributed by atoms with Crippen LogP contribution in [0.2, 0.25) is 0 Å². The van der Waals surface area contributed by atoms with Crippen molar-refractivity contribution in [3.8, 4) is 0 Å². The van der Waals surface area contributed by atoms with Gasteiger partial charge in [-0.05, 0) is 69.9 Å². The van der Waals surface area contributed by atoms with Gasteiger partial charge in [-0.1, -0.05) is 161 Å². The molecule has 49 heavy (non-hydrogen) atoms. The molecular formula is C46H52N2O. The molecule has 0 radical (unpaired) electrons. The number of hydrogen-bond donors (Lipinski definition) is 0. The van der Waals surface area contributed by atoms with Gasteiger partial charge in [-0.3, -0.25) is 4.99 Å². The molecule has 3 heteroatoms. The van der Waals surface area contributed by atoms with E-state index in [2.05, 4.69) is 80.7 Å². The van der Waals surface area contributed by atoms with E-state index >= 15 is 0 Å². The molecule has 0 aliphatic carbocycles. The molecule has 0 fully saturated rings. The third-order valence-electron chi connectivity index (χ3n) is 7.51. The van der Waals surface area contributed by atoms with Gasteiger partial charge in [0.25, 0.3) is 0 Å². The molecular weight excluding hydrogens is 597 g/mol. The molecule has 0 N–H and O–H groups in total. The lowest BCUT2D eigenvalue weighted by Crippen LogP contribution is -2.05. The van der Waals surface area contributed by atoms with Gasteiger partial charge in [0.05, 0.1) is 11.4 Å². The number of furan rings is 1. The second kappa shape index (κ2) is 20.6. The van der Waals surface area contributed by atoms with E-state index in [1.807, 2.05) is 115 Å². The normalized spacial score (nSPS) is 12.5. The molecule has 4 rings (SSSR count). The highest BCUT2D eigenvalue weighted by Crippen LogP contribution is 2.29. The quantitative estimate of drug-likeness (QED) is 0.118. The van der Waals surface area contributed by atoms with Crippen LogP contribution < -0.4 is 0 Å². The molecule has 3 nitrogen and oxygen atoms in total. The number of aliphatic imine (C=N–C) groups is 2. The van der Waals surface area contributed by atoms with Crippen molar-refractivity contribution in [2.24, 2.45) is 9.98 Å². The molecule has 0 amide bonds. The number of para-hydroxylation sites is 1. The van der Waals surface area contributed by atoms with E-state index in [1.165, 1.54) is 0 Å². The Morgan fingerprint density at radius 1 is 0.714 bits per heavy atom. The van der Waals surface area contributed by atoms with Crippen LogP contribution in [-0.4, -0.2) is 11.4 Å². The van der Waals surface area contributed by atoms with Crippen molar-refractivity contribution in [3.05, 3.63) is 193 Å². The Kier molecular flexibility index (Phi) is 16.7. The Balaban J connectivity index is 0.000000373. The second-order valence-electron chi connectivity index (χ2n) is 10.9. The molecule has 0 saturated heterocycles. The van der Waals surface area contributed by atoms with Gasteiger partial charge in [-0.15, -0.1) is 0 Å². The zero-order chi connectivity index (χ0) is 36.3. The summed E-state index contributed by atoms with van der Waals surface area (Å²) in [4.78, 5) is 9.57. The second-order valence-corrected chi connectivity index (χ2v) is 10.9. The molecule has 3 aromatic carbocycles. The van der Waals surface area contributed by atoms with Crippen molar-refractivity contribution in [2.75, 3.05) is 0 Å². The first-order valence-corrected chi connectivity index (χ1v) is 16.7. The summed E-state index contributed by atoms with van der Waals surface area (Å²) in [5.41, 5.74) is 11.5. The molecule has 1 aromatic heterocycles. The average Bonchev–Trinajstić information content (AvgIpc) is 3.47. The molecule has 0 saturated carbocycles. The number of benzene rings is 3. The Morgan fingerprint density at radius 2 is 1.33 bits per heavy atom. The molecule has 0 aliphatic rings. The van der Waals surface area contributed by atoms with Crippen molar-refractivity contribution in [3.63, 3.8) is 0 Å². The fourth-order valence-electron chi connectivity index (χ4n) is 4.93. The zero-order valence-corrected chi connectivity index (χ0v) is 30.7. The van der Waals surface area contributed by atoms with Crippen LogP contribution in [-0.2, 0) is 0 Å². The lowest BCUT2D eigenvalue weighted by atomic mass is 10.00. The van der Waals surface area contributed by atoms with E-state index in [-0.39, 0.29) is 0 Å². The number of allylic oxidation sites excluding steroid dienone is 9. The van der Waals surface area contributed by atoms with E-state index in [4.69, 9.17) is 9.41 Å². The molecule has 252 valence electrons. The summed E-state index contributed by atoms with van der Waals surface area (Å²) in [6, 6.07) is 26.3. The Morgan fingerprint density at radius 3 is 1.86 bits per heavy atom. The van der Waals surface area contributed by atoms with E-state index in [1.54, 1.807) is 12.2 Å². The Labute approximate surface area is 295 Å². The average molecular weight is 649 g/mol. The zero-order valence-electron chi connectivity index (χ0n) is 30.7. The van der Waals surface area contributed by atoms with Crippen LogP contribution in [0.4, 0.5) is 0 Å². The summed E-state index contributed by atoms with van der Waals surface area (Å²) in [5.74, 6) is 0.764. The van der Waals surface area contributed by atoms with E-state index in [9.17, 15) is 0 Å². The monoisotopic (exact) mass is 648 g/mol. The summed E-state index contributed by atoms with van der Waals surface area (Å²) >= 11 is 0. The number of fused-ring (bicyclic) bond motifs is 1. The maximum Gasteiger partial charge on any atom is 0.157 e. The van der Waals surface area contributed by atoms with E-state index in [0.717, 1.165) is 78.5 Å². The van der Waals surface area contributed by atoms with Crippen LogP contribution in [0.25, 0.3) is 22.2 Å². The lowest BCUT2D eigenvalue weighted by Gasteiger charge is -2.10. The highest BCUT2D eigenvalue weighted by atomic mass is 16.3. The first-order valence-electron chi connectivity index (χ1n) is 16.7. The lowest BCUT2D eigenvalue weighted by molar-refractivity contribution is 0.602. The molecule has 0 aliphatic heterocycles. The molecule has 0 unspecified atom stereocenters. The smallest absolute Gasteiger partial charge is 0.157 e. The summed E-state index contributed by atoms with van der Waals surface area (Å²) < 4.78 is 6.27. The van der Waals surface area contributed by atoms with Crippen LogP contribution in [0.1, 0.15) is 76.5 Å². The highest BCUT2D eigenvalue weighted by Gasteiger charge is 2.18. The summed E-state index contributed by atoms with van der Waals surface area (Å²) in [5, 5.41) is 1.09. The summed E-state index contributed by atoms with van der Waals surface area (Å²) in [6.07, 6.45) is 13.5. The van der Waals surface area contributed by atoms with Crippen LogP contribution in [0.5, 0.6) is 0 Å². The van der Waals surface area contributed by atoms with Gasteiger partial charge in [0, 0.05) is 22.2 Å². The predicted octanol–water partition coefficient (Wildman–Crippen LogP) is 13.5. The minimum atomic E-state index is 0.764. The topological polar surface area (TPSA) is 37.9 Å². The van der Waals surface area contributed by atoms with Crippen LogP contribution >= 0.6 is 0 Å². The van der Waals surface area contributed by atoms with Crippen molar-refractivity contribution in [2.45, 2.75) is 55.4 Å². The number of rotatable bonds is 11. The predicted molar refractivity (Wildman–Crippen MR) is 218 cm³/mol. The van der Waals surface area contributed by atoms with Gasteiger partial charge in [-0.2, -0.15) is 0 Å². The van der Waals surface area contributed by atoms with Gasteiger partial charge >= 0.3 is 0 Å². The maximum absolute atomic E-state index is 6.27. The maximum atomic E-state index is 6.27. The standard InChI is InChI=1S/C28H27NO.C16H19N.C2H6/c1-7-12-21(8-2)25(9-3)29-27(23-17-15-22(16-18-23)19(4)5)28-20(6)24-13-10-11-14-26(24)30-28;1-5-10-15(6-2)13(3)17-14(4)16-11-8-7-9-12-16;1-2/h7-18H,1-2,4H2,3,5-6H3;5-12H,4H2,1-3H3;1-2H3/b21-12+,25-9-,29-27?;10-5-,15-6+,17-13?;. The van der Waals surface area contributed by atoms with E-state index < -0.39 is 0 Å². The van der Waals surface area contributed by atoms with Gasteiger partial charge in [0.1, 0.15) is 11.3 Å². The van der Waals surface area contributed by atoms with Crippen LogP contribution in [0.15, 0.2) is 179 Å². The Hall–Kier alpha value is -5.54. The number of hydrogen-bond acceptors (Lipinski definition) is 3. The molecule has 0 spiro atoms. The third-order valence-corrected chi connectivity index (χ3v) is 7.51. The first kappa shape index (κ1) is 39.6. The molecule has 0 atom stereocenters. The SMILES string of the molecule is C=C(N=C(C)C(/C=C\C)=C/C)c1ccccc1.C=C/C=C(C=C)/C(=C/C)N=C(c1ccc(C(=C)C)cc1)c1oc2ccccc2c1C.CC. The van der Waals surface area contributed by atoms with Crippen molar-refractivity contribution in [1.82, 2.24) is 0 Å². The number of aryl methyl sites for hydroxylation is 1. The largest absolute Gasteiger partial charge is 0.454 e. The molecule has 0 bridgehead atoms. The van der Waals surface area contributed by atoms with Crippen molar-refractivity contribution in [1.29, 1.82) is 0 Å². The minimum Gasteiger partial charge on any atom is -0.454 e. The molecule has 1 heterocycles. The summed E-state index contributed by atoms with van der Waals surface area (Å²) in [6.45, 7) is 31.8. The minimum absolute atomic E-state index is 0.764. The van der Waals surface area contributed by atoms with Gasteiger partial charge in [-0.25, -0.2) is 4.99 Å².